The van der Waals surface area contributed by atoms with E-state index in [0.717, 1.165) is 12.0 Å². The zero-order valence-electron chi connectivity index (χ0n) is 18.0. The van der Waals surface area contributed by atoms with Crippen LogP contribution in [0.4, 0.5) is 0 Å². The van der Waals surface area contributed by atoms with Gasteiger partial charge in [-0.05, 0) is 36.0 Å². The van der Waals surface area contributed by atoms with Crippen LogP contribution in [0.1, 0.15) is 63.8 Å². The normalized spacial score (nSPS) is 20.4. The smallest absolute Gasteiger partial charge is 0.243 e. The molecule has 2 aliphatic rings. The number of rotatable bonds is 3. The molecular formula is C21H29N5O3S. The van der Waals surface area contributed by atoms with Gasteiger partial charge in [0, 0.05) is 26.6 Å². The maximum absolute atomic E-state index is 13.4. The van der Waals surface area contributed by atoms with Gasteiger partial charge in [-0.2, -0.15) is 4.31 Å². The third-order valence-electron chi connectivity index (χ3n) is 6.06. The second-order valence-corrected chi connectivity index (χ2v) is 11.0. The summed E-state index contributed by atoms with van der Waals surface area (Å²) in [4.78, 5) is 13.7. The second kappa shape index (κ2) is 7.46. The van der Waals surface area contributed by atoms with Crippen molar-refractivity contribution >= 4 is 15.9 Å². The molecule has 1 aromatic heterocycles. The summed E-state index contributed by atoms with van der Waals surface area (Å²) in [5.74, 6) is 1.40. The molecule has 30 heavy (non-hydrogen) atoms. The van der Waals surface area contributed by atoms with E-state index in [9.17, 15) is 13.2 Å². The summed E-state index contributed by atoms with van der Waals surface area (Å²) in [7, 11) is -3.64. The molecule has 0 radical (unpaired) electrons. The summed E-state index contributed by atoms with van der Waals surface area (Å²) in [5, 5.41) is 8.61. The van der Waals surface area contributed by atoms with E-state index in [0.29, 0.717) is 49.1 Å². The Morgan fingerprint density at radius 1 is 1.07 bits per heavy atom. The molecule has 8 nitrogen and oxygen atoms in total. The van der Waals surface area contributed by atoms with Gasteiger partial charge in [-0.15, -0.1) is 10.2 Å². The van der Waals surface area contributed by atoms with Gasteiger partial charge in [0.2, 0.25) is 15.9 Å². The predicted molar refractivity (Wildman–Crippen MR) is 112 cm³/mol. The molecule has 3 heterocycles. The number of amides is 1. The minimum absolute atomic E-state index is 0.00887. The van der Waals surface area contributed by atoms with Gasteiger partial charge in [0.05, 0.1) is 17.5 Å². The number of aromatic nitrogens is 3. The van der Waals surface area contributed by atoms with E-state index >= 15 is 0 Å². The number of sulfonamides is 1. The highest BCUT2D eigenvalue weighted by Crippen LogP contribution is 2.37. The van der Waals surface area contributed by atoms with Crippen molar-refractivity contribution in [2.75, 3.05) is 13.1 Å². The molecular weight excluding hydrogens is 402 g/mol. The zero-order valence-corrected chi connectivity index (χ0v) is 18.8. The number of carbonyl (C=O) groups is 1. The fourth-order valence-electron chi connectivity index (χ4n) is 4.24. The molecule has 1 aromatic carbocycles. The summed E-state index contributed by atoms with van der Waals surface area (Å²) in [6, 6.07) is 6.87. The fraction of sp³-hybridized carbons (Fsp3) is 0.571. The third kappa shape index (κ3) is 3.65. The Morgan fingerprint density at radius 3 is 2.40 bits per heavy atom. The van der Waals surface area contributed by atoms with Crippen molar-refractivity contribution in [1.29, 1.82) is 0 Å². The highest BCUT2D eigenvalue weighted by Gasteiger charge is 2.40. The van der Waals surface area contributed by atoms with Crippen LogP contribution in [0.3, 0.4) is 0 Å². The minimum atomic E-state index is -3.64. The van der Waals surface area contributed by atoms with E-state index in [4.69, 9.17) is 0 Å². The van der Waals surface area contributed by atoms with Crippen molar-refractivity contribution < 1.29 is 13.2 Å². The summed E-state index contributed by atoms with van der Waals surface area (Å²) in [6.07, 6.45) is 1.50. The average molecular weight is 432 g/mol. The Morgan fingerprint density at radius 2 is 1.77 bits per heavy atom. The predicted octanol–water partition coefficient (Wildman–Crippen LogP) is 2.46. The van der Waals surface area contributed by atoms with E-state index < -0.39 is 10.0 Å². The molecule has 162 valence electrons. The Bertz CT molecular complexity index is 1050. The van der Waals surface area contributed by atoms with Crippen molar-refractivity contribution in [2.24, 2.45) is 0 Å². The summed E-state index contributed by atoms with van der Waals surface area (Å²) < 4.78 is 30.4. The Labute approximate surface area is 177 Å². The Hall–Kier alpha value is -2.26. The van der Waals surface area contributed by atoms with Gasteiger partial charge in [0.15, 0.2) is 11.6 Å². The Kier molecular flexibility index (Phi) is 5.22. The molecule has 1 unspecified atom stereocenters. The molecule has 4 rings (SSSR count). The molecule has 1 atom stereocenters. The molecule has 2 aliphatic heterocycles. The number of hydrogen-bond acceptors (Lipinski definition) is 5. The highest BCUT2D eigenvalue weighted by molar-refractivity contribution is 7.89. The number of carbonyl (C=O) groups excluding carboxylic acids is 1. The molecule has 0 N–H and O–H groups in total. The van der Waals surface area contributed by atoms with E-state index in [1.807, 2.05) is 16.7 Å². The van der Waals surface area contributed by atoms with E-state index in [1.54, 1.807) is 28.3 Å². The maximum Gasteiger partial charge on any atom is 0.243 e. The van der Waals surface area contributed by atoms with Crippen molar-refractivity contribution in [2.45, 2.75) is 70.0 Å². The zero-order chi connectivity index (χ0) is 21.7. The standard InChI is InChI=1S/C21H29N5O3S/c1-15(27)24-12-13-25-19(14-24)22-23-20(25)18-6-5-11-26(18)30(28,29)17-9-7-16(8-10-17)21(2,3)4/h7-10,18H,5-6,11-14H2,1-4H3. The highest BCUT2D eigenvalue weighted by atomic mass is 32.2. The summed E-state index contributed by atoms with van der Waals surface area (Å²) in [6.45, 7) is 9.91. The van der Waals surface area contributed by atoms with Crippen LogP contribution in [-0.2, 0) is 33.3 Å². The Balaban J connectivity index is 1.62. The first kappa shape index (κ1) is 21.0. The van der Waals surface area contributed by atoms with Crippen LogP contribution >= 0.6 is 0 Å². The molecule has 0 spiro atoms. The quantitative estimate of drug-likeness (QED) is 0.745. The van der Waals surface area contributed by atoms with Crippen LogP contribution in [-0.4, -0.2) is 51.4 Å². The van der Waals surface area contributed by atoms with Crippen LogP contribution in [0.5, 0.6) is 0 Å². The second-order valence-electron chi connectivity index (χ2n) is 9.11. The first-order chi connectivity index (χ1) is 14.1. The van der Waals surface area contributed by atoms with Crippen LogP contribution in [0.15, 0.2) is 29.2 Å². The molecule has 1 fully saturated rings. The SMILES string of the molecule is CC(=O)N1CCn2c(nnc2C2CCCN2S(=O)(=O)c2ccc(C(C)(C)C)cc2)C1. The van der Waals surface area contributed by atoms with E-state index in [2.05, 4.69) is 31.0 Å². The lowest BCUT2D eigenvalue weighted by molar-refractivity contribution is -0.130. The largest absolute Gasteiger partial charge is 0.334 e. The maximum atomic E-state index is 13.4. The first-order valence-corrected chi connectivity index (χ1v) is 11.8. The van der Waals surface area contributed by atoms with Crippen LogP contribution < -0.4 is 0 Å². The van der Waals surface area contributed by atoms with Gasteiger partial charge >= 0.3 is 0 Å². The van der Waals surface area contributed by atoms with Gasteiger partial charge in [0.25, 0.3) is 0 Å². The summed E-state index contributed by atoms with van der Waals surface area (Å²) >= 11 is 0. The minimum Gasteiger partial charge on any atom is -0.334 e. The van der Waals surface area contributed by atoms with Gasteiger partial charge in [-0.1, -0.05) is 32.9 Å². The molecule has 0 bridgehead atoms. The van der Waals surface area contributed by atoms with Crippen LogP contribution in [0, 0.1) is 0 Å². The first-order valence-electron chi connectivity index (χ1n) is 10.4. The molecule has 2 aromatic rings. The van der Waals surface area contributed by atoms with Crippen molar-refractivity contribution in [3.63, 3.8) is 0 Å². The summed E-state index contributed by atoms with van der Waals surface area (Å²) in [5.41, 5.74) is 1.06. The lowest BCUT2D eigenvalue weighted by Gasteiger charge is -2.29. The van der Waals surface area contributed by atoms with Gasteiger partial charge < -0.3 is 9.47 Å². The van der Waals surface area contributed by atoms with Gasteiger partial charge in [0.1, 0.15) is 0 Å². The third-order valence-corrected chi connectivity index (χ3v) is 7.98. The molecule has 0 saturated carbocycles. The lowest BCUT2D eigenvalue weighted by Crippen LogP contribution is -2.38. The van der Waals surface area contributed by atoms with Crippen LogP contribution in [0.2, 0.25) is 0 Å². The van der Waals surface area contributed by atoms with Crippen molar-refractivity contribution in [3.05, 3.63) is 41.5 Å². The number of benzene rings is 1. The molecule has 1 saturated heterocycles. The molecule has 9 heteroatoms. The van der Waals surface area contributed by atoms with Gasteiger partial charge in [-0.3, -0.25) is 4.79 Å². The number of nitrogens with zero attached hydrogens (tertiary/aromatic N) is 5. The monoisotopic (exact) mass is 431 g/mol. The van der Waals surface area contributed by atoms with Gasteiger partial charge in [-0.25, -0.2) is 8.42 Å². The molecule has 0 aliphatic carbocycles. The molecule has 1 amide bonds. The number of hydrogen-bond donors (Lipinski definition) is 0. The lowest BCUT2D eigenvalue weighted by atomic mass is 9.87. The topological polar surface area (TPSA) is 88.4 Å². The van der Waals surface area contributed by atoms with Crippen LogP contribution in [0.25, 0.3) is 0 Å². The van der Waals surface area contributed by atoms with Crippen molar-refractivity contribution in [1.82, 2.24) is 24.0 Å². The fourth-order valence-corrected chi connectivity index (χ4v) is 5.90. The van der Waals surface area contributed by atoms with E-state index in [-0.39, 0.29) is 17.4 Å². The van der Waals surface area contributed by atoms with E-state index in [1.165, 1.54) is 0 Å². The van der Waals surface area contributed by atoms with Crippen molar-refractivity contribution in [3.8, 4) is 0 Å². The number of fused-ring (bicyclic) bond motifs is 1. The average Bonchev–Trinajstić information content (AvgIpc) is 3.33.